The Balaban J connectivity index is 1.63. The van der Waals surface area contributed by atoms with Crippen molar-refractivity contribution >= 4 is 17.8 Å². The fourth-order valence-electron chi connectivity index (χ4n) is 3.61. The Morgan fingerprint density at radius 3 is 2.42 bits per heavy atom. The number of benzene rings is 1. The molecule has 0 radical (unpaired) electrons. The Hall–Kier alpha value is -3.00. The maximum Gasteiger partial charge on any atom is 0.236 e. The first-order chi connectivity index (χ1) is 14.9. The summed E-state index contributed by atoms with van der Waals surface area (Å²) < 4.78 is 0. The van der Waals surface area contributed by atoms with Gasteiger partial charge in [0.05, 0.1) is 6.54 Å². The summed E-state index contributed by atoms with van der Waals surface area (Å²) in [7, 11) is 1.75. The van der Waals surface area contributed by atoms with Gasteiger partial charge in [-0.3, -0.25) is 9.59 Å². The lowest BCUT2D eigenvalue weighted by Gasteiger charge is -2.35. The molecule has 0 bridgehead atoms. The van der Waals surface area contributed by atoms with E-state index in [1.165, 1.54) is 0 Å². The normalized spacial score (nSPS) is 15.0. The maximum absolute atomic E-state index is 12.4. The van der Waals surface area contributed by atoms with Gasteiger partial charge in [0.25, 0.3) is 0 Å². The Morgan fingerprint density at radius 2 is 1.81 bits per heavy atom. The minimum absolute atomic E-state index is 0.00550. The Kier molecular flexibility index (Phi) is 7.57. The van der Waals surface area contributed by atoms with Gasteiger partial charge in [0, 0.05) is 63.6 Å². The Bertz CT molecular complexity index is 893. The predicted molar refractivity (Wildman–Crippen MR) is 121 cm³/mol. The zero-order valence-electron chi connectivity index (χ0n) is 18.6. The monoisotopic (exact) mass is 424 g/mol. The second-order valence-electron chi connectivity index (χ2n) is 8.05. The summed E-state index contributed by atoms with van der Waals surface area (Å²) in [5, 5.41) is 0. The van der Waals surface area contributed by atoms with Crippen molar-refractivity contribution in [1.82, 2.24) is 19.8 Å². The highest BCUT2D eigenvalue weighted by molar-refractivity contribution is 5.79. The zero-order chi connectivity index (χ0) is 22.4. The average molecular weight is 425 g/mol. The van der Waals surface area contributed by atoms with Crippen molar-refractivity contribution in [3.8, 4) is 11.1 Å². The van der Waals surface area contributed by atoms with Gasteiger partial charge in [-0.2, -0.15) is 0 Å². The first kappa shape index (κ1) is 22.7. The predicted octanol–water partition coefficient (Wildman–Crippen LogP) is 1.76. The number of likely N-dealkylation sites (N-methyl/N-ethyl adjacent to an activating group) is 1. The Morgan fingerprint density at radius 1 is 1.13 bits per heavy atom. The number of carbonyl (C=O) groups is 2. The number of aromatic nitrogens is 2. The van der Waals surface area contributed by atoms with Crippen molar-refractivity contribution in [1.29, 1.82) is 0 Å². The molecule has 2 N–H and O–H groups in total. The van der Waals surface area contributed by atoms with E-state index in [0.717, 1.165) is 36.2 Å². The molecule has 1 atom stereocenters. The highest BCUT2D eigenvalue weighted by Crippen LogP contribution is 2.22. The number of rotatable bonds is 7. The van der Waals surface area contributed by atoms with Crippen molar-refractivity contribution < 1.29 is 9.59 Å². The highest BCUT2D eigenvalue weighted by atomic mass is 16.2. The van der Waals surface area contributed by atoms with Gasteiger partial charge in [0.1, 0.15) is 0 Å². The average Bonchev–Trinajstić information content (AvgIpc) is 2.82. The number of piperazine rings is 1. The van der Waals surface area contributed by atoms with E-state index >= 15 is 0 Å². The van der Waals surface area contributed by atoms with Crippen LogP contribution in [0, 0.1) is 5.92 Å². The lowest BCUT2D eigenvalue weighted by atomic mass is 10.1. The molecule has 8 nitrogen and oxygen atoms in total. The molecule has 0 saturated carbocycles. The van der Waals surface area contributed by atoms with Crippen LogP contribution in [0.4, 0.5) is 5.95 Å². The molecule has 1 saturated heterocycles. The largest absolute Gasteiger partial charge is 0.340 e. The van der Waals surface area contributed by atoms with Gasteiger partial charge in [-0.05, 0) is 23.6 Å². The van der Waals surface area contributed by atoms with E-state index in [-0.39, 0.29) is 24.3 Å². The van der Waals surface area contributed by atoms with E-state index in [0.29, 0.717) is 25.6 Å². The van der Waals surface area contributed by atoms with Crippen LogP contribution in [0.25, 0.3) is 11.1 Å². The van der Waals surface area contributed by atoms with Crippen molar-refractivity contribution in [2.24, 2.45) is 11.7 Å². The van der Waals surface area contributed by atoms with Crippen LogP contribution in [-0.2, 0) is 16.1 Å². The van der Waals surface area contributed by atoms with Crippen LogP contribution >= 0.6 is 0 Å². The van der Waals surface area contributed by atoms with Gasteiger partial charge < -0.3 is 20.4 Å². The molecule has 31 heavy (non-hydrogen) atoms. The van der Waals surface area contributed by atoms with Crippen LogP contribution < -0.4 is 10.6 Å². The third-order valence-corrected chi connectivity index (χ3v) is 5.83. The fourth-order valence-corrected chi connectivity index (χ4v) is 3.61. The van der Waals surface area contributed by atoms with Gasteiger partial charge in [0.15, 0.2) is 0 Å². The molecule has 2 aromatic rings. The van der Waals surface area contributed by atoms with Gasteiger partial charge in [0.2, 0.25) is 17.8 Å². The third kappa shape index (κ3) is 5.58. The second kappa shape index (κ2) is 10.3. The third-order valence-electron chi connectivity index (χ3n) is 5.83. The summed E-state index contributed by atoms with van der Waals surface area (Å²) in [4.78, 5) is 38.9. The van der Waals surface area contributed by atoms with Crippen molar-refractivity contribution in [3.05, 3.63) is 42.2 Å². The van der Waals surface area contributed by atoms with Crippen molar-refractivity contribution in [2.75, 3.05) is 44.7 Å². The number of anilines is 1. The molecule has 1 aliphatic heterocycles. The molecular weight excluding hydrogens is 392 g/mol. The number of carbonyl (C=O) groups excluding carboxylic acids is 2. The van der Waals surface area contributed by atoms with E-state index in [4.69, 9.17) is 5.73 Å². The molecule has 1 aliphatic rings. The topological polar surface area (TPSA) is 95.7 Å². The summed E-state index contributed by atoms with van der Waals surface area (Å²) in [6.45, 7) is 7.41. The number of nitrogens with zero attached hydrogens (tertiary/aromatic N) is 5. The smallest absolute Gasteiger partial charge is 0.236 e. The van der Waals surface area contributed by atoms with Gasteiger partial charge >= 0.3 is 0 Å². The maximum atomic E-state index is 12.4. The summed E-state index contributed by atoms with van der Waals surface area (Å²) in [5.74, 6) is 0.899. The Labute approximate surface area is 184 Å². The molecule has 1 unspecified atom stereocenters. The van der Waals surface area contributed by atoms with Crippen LogP contribution in [0.1, 0.15) is 25.8 Å². The first-order valence-corrected chi connectivity index (χ1v) is 10.8. The number of nitrogens with two attached hydrogens (primary N) is 1. The van der Waals surface area contributed by atoms with E-state index in [1.54, 1.807) is 11.9 Å². The van der Waals surface area contributed by atoms with Gasteiger partial charge in [-0.15, -0.1) is 0 Å². The molecule has 8 heteroatoms. The van der Waals surface area contributed by atoms with E-state index in [2.05, 4.69) is 14.9 Å². The molecule has 1 aromatic heterocycles. The van der Waals surface area contributed by atoms with Crippen molar-refractivity contribution in [3.63, 3.8) is 0 Å². The molecule has 2 heterocycles. The number of hydrogen-bond acceptors (Lipinski definition) is 6. The second-order valence-corrected chi connectivity index (χ2v) is 8.05. The zero-order valence-corrected chi connectivity index (χ0v) is 18.6. The molecule has 0 aliphatic carbocycles. The summed E-state index contributed by atoms with van der Waals surface area (Å²) in [6, 6.07) is 8.00. The SMILES string of the molecule is CCC(C)C(=O)N1CCN(c2ncc(-c3cccc(CN(C)C(=O)CN)c3)cn2)CC1. The van der Waals surface area contributed by atoms with E-state index < -0.39 is 0 Å². The lowest BCUT2D eigenvalue weighted by molar-refractivity contribution is -0.135. The highest BCUT2D eigenvalue weighted by Gasteiger charge is 2.25. The summed E-state index contributed by atoms with van der Waals surface area (Å²) >= 11 is 0. The van der Waals surface area contributed by atoms with Crippen LogP contribution in [0.2, 0.25) is 0 Å². The van der Waals surface area contributed by atoms with E-state index in [9.17, 15) is 9.59 Å². The van der Waals surface area contributed by atoms with Crippen LogP contribution in [0.5, 0.6) is 0 Å². The standard InChI is InChI=1S/C23H32N6O2/c1-4-17(2)22(31)28-8-10-29(11-9-28)23-25-14-20(15-26-23)19-7-5-6-18(12-19)16-27(3)21(30)13-24/h5-7,12,14-15,17H,4,8-11,13,16,24H2,1-3H3. The minimum atomic E-state index is -0.0935. The quantitative estimate of drug-likeness (QED) is 0.728. The lowest BCUT2D eigenvalue weighted by Crippen LogP contribution is -2.50. The summed E-state index contributed by atoms with van der Waals surface area (Å²) in [6.07, 6.45) is 4.52. The molecule has 2 amide bonds. The van der Waals surface area contributed by atoms with Gasteiger partial charge in [-0.1, -0.05) is 32.0 Å². The van der Waals surface area contributed by atoms with E-state index in [1.807, 2.05) is 55.4 Å². The molecule has 1 aromatic carbocycles. The van der Waals surface area contributed by atoms with Crippen LogP contribution in [0.15, 0.2) is 36.7 Å². The van der Waals surface area contributed by atoms with Crippen LogP contribution in [0.3, 0.4) is 0 Å². The minimum Gasteiger partial charge on any atom is -0.340 e. The molecular formula is C23H32N6O2. The molecule has 0 spiro atoms. The number of hydrogen-bond donors (Lipinski definition) is 1. The molecule has 1 fully saturated rings. The summed E-state index contributed by atoms with van der Waals surface area (Å²) in [5.41, 5.74) is 8.38. The molecule has 3 rings (SSSR count). The first-order valence-electron chi connectivity index (χ1n) is 10.8. The van der Waals surface area contributed by atoms with Crippen molar-refractivity contribution in [2.45, 2.75) is 26.8 Å². The van der Waals surface area contributed by atoms with Crippen LogP contribution in [-0.4, -0.2) is 71.4 Å². The molecule has 166 valence electrons. The fraction of sp³-hybridized carbons (Fsp3) is 0.478. The number of amides is 2. The van der Waals surface area contributed by atoms with Gasteiger partial charge in [-0.25, -0.2) is 9.97 Å².